The number of nitrogens with zero attached hydrogens (tertiary/aromatic N) is 4. The highest BCUT2D eigenvalue weighted by Crippen LogP contribution is 2.44. The summed E-state index contributed by atoms with van der Waals surface area (Å²) in [7, 11) is 1.77. The second-order valence-electron chi connectivity index (χ2n) is 12.7. The number of aromatic nitrogens is 3. The number of ether oxygens (including phenoxy) is 1. The normalized spacial score (nSPS) is 15.2. The molecule has 0 N–H and O–H groups in total. The maximum atomic E-state index is 13.1. The summed E-state index contributed by atoms with van der Waals surface area (Å²) in [4.78, 5) is 25.7. The minimum absolute atomic E-state index is 0.0518. The van der Waals surface area contributed by atoms with Gasteiger partial charge in [0.05, 0.1) is 24.5 Å². The van der Waals surface area contributed by atoms with Crippen molar-refractivity contribution in [3.8, 4) is 16.3 Å². The highest BCUT2D eigenvalue weighted by atomic mass is 32.1. The maximum absolute atomic E-state index is 13.1. The van der Waals surface area contributed by atoms with Gasteiger partial charge in [0, 0.05) is 40.9 Å². The molecule has 5 rings (SSSR count). The molecule has 0 aliphatic carbocycles. The topological polar surface area (TPSA) is 60.2 Å². The third-order valence-corrected chi connectivity index (χ3v) is 8.97. The zero-order chi connectivity index (χ0) is 27.9. The van der Waals surface area contributed by atoms with Gasteiger partial charge in [-0.2, -0.15) is 0 Å². The van der Waals surface area contributed by atoms with Crippen LogP contribution in [0.1, 0.15) is 76.3 Å². The number of amides is 1. The Bertz CT molecular complexity index is 1440. The number of methoxy groups -OCH3 is 1. The number of piperidine rings is 1. The monoisotopic (exact) mass is 544 g/mol. The van der Waals surface area contributed by atoms with E-state index in [2.05, 4.69) is 64.9 Å². The van der Waals surface area contributed by atoms with Gasteiger partial charge in [-0.25, -0.2) is 9.97 Å². The lowest BCUT2D eigenvalue weighted by atomic mass is 9.78. The van der Waals surface area contributed by atoms with Crippen LogP contribution in [0.3, 0.4) is 0 Å². The Labute approximate surface area is 236 Å². The van der Waals surface area contributed by atoms with Gasteiger partial charge in [-0.15, -0.1) is 11.3 Å². The molecule has 2 aromatic carbocycles. The van der Waals surface area contributed by atoms with Gasteiger partial charge >= 0.3 is 0 Å². The molecule has 1 aliphatic rings. The Hall–Kier alpha value is -3.19. The van der Waals surface area contributed by atoms with Crippen molar-refractivity contribution in [3.05, 3.63) is 64.9 Å². The molecule has 0 radical (unpaired) electrons. The zero-order valence-corrected chi connectivity index (χ0v) is 25.1. The molecule has 0 saturated carbocycles. The number of benzene rings is 2. The Kier molecular flexibility index (Phi) is 7.31. The molecule has 7 heteroatoms. The van der Waals surface area contributed by atoms with Crippen molar-refractivity contribution in [2.75, 3.05) is 20.2 Å². The first-order chi connectivity index (χ1) is 18.5. The molecule has 1 aliphatic heterocycles. The average molecular weight is 545 g/mol. The van der Waals surface area contributed by atoms with E-state index in [1.54, 1.807) is 24.8 Å². The standard InChI is InChI=1S/C32H40N4O2S/c1-31(2,3)23-16-22(17-24(29(23)38-7)32(4,5)6)30-33-18-27(39-30)21-12-14-35(15-13-21)28(37)19-36-20-34-25-10-8-9-11-26(25)36/h8-11,16-18,20-21H,12-15,19H2,1-7H3. The fourth-order valence-corrected chi connectivity index (χ4v) is 6.56. The van der Waals surface area contributed by atoms with E-state index in [1.807, 2.05) is 33.7 Å². The van der Waals surface area contributed by atoms with Crippen LogP contribution in [0.5, 0.6) is 5.75 Å². The molecular weight excluding hydrogens is 504 g/mol. The lowest BCUT2D eigenvalue weighted by Gasteiger charge is -2.31. The minimum atomic E-state index is -0.0518. The van der Waals surface area contributed by atoms with Gasteiger partial charge in [0.2, 0.25) is 5.91 Å². The van der Waals surface area contributed by atoms with Crippen molar-refractivity contribution in [2.45, 2.75) is 77.7 Å². The average Bonchev–Trinajstić information content (AvgIpc) is 3.55. The van der Waals surface area contributed by atoms with Crippen LogP contribution in [0.2, 0.25) is 0 Å². The zero-order valence-electron chi connectivity index (χ0n) is 24.2. The van der Waals surface area contributed by atoms with Gasteiger partial charge in [0.15, 0.2) is 0 Å². The summed E-state index contributed by atoms with van der Waals surface area (Å²) in [5.41, 5.74) is 5.39. The number of carbonyl (C=O) groups excluding carboxylic acids is 1. The second kappa shape index (κ2) is 10.4. The number of carbonyl (C=O) groups is 1. The predicted octanol–water partition coefficient (Wildman–Crippen LogP) is 7.17. The first kappa shape index (κ1) is 27.4. The predicted molar refractivity (Wildman–Crippen MR) is 160 cm³/mol. The largest absolute Gasteiger partial charge is 0.496 e. The summed E-state index contributed by atoms with van der Waals surface area (Å²) >= 11 is 1.79. The quantitative estimate of drug-likeness (QED) is 0.267. The van der Waals surface area contributed by atoms with Crippen molar-refractivity contribution in [1.82, 2.24) is 19.4 Å². The highest BCUT2D eigenvalue weighted by molar-refractivity contribution is 7.15. The van der Waals surface area contributed by atoms with Crippen LogP contribution < -0.4 is 4.74 Å². The molecule has 6 nitrogen and oxygen atoms in total. The molecule has 1 fully saturated rings. The van der Waals surface area contributed by atoms with Crippen LogP contribution in [0.25, 0.3) is 21.6 Å². The van der Waals surface area contributed by atoms with Crippen molar-refractivity contribution in [2.24, 2.45) is 0 Å². The summed E-state index contributed by atoms with van der Waals surface area (Å²) in [5.74, 6) is 1.57. The van der Waals surface area contributed by atoms with Crippen LogP contribution >= 0.6 is 11.3 Å². The summed E-state index contributed by atoms with van der Waals surface area (Å²) < 4.78 is 7.90. The molecule has 0 unspecified atom stereocenters. The third-order valence-electron chi connectivity index (χ3n) is 7.76. The molecule has 3 heterocycles. The molecule has 2 aromatic heterocycles. The first-order valence-electron chi connectivity index (χ1n) is 13.8. The van der Waals surface area contributed by atoms with Crippen molar-refractivity contribution < 1.29 is 9.53 Å². The lowest BCUT2D eigenvalue weighted by molar-refractivity contribution is -0.132. The molecule has 39 heavy (non-hydrogen) atoms. The van der Waals surface area contributed by atoms with E-state index in [0.29, 0.717) is 12.5 Å². The van der Waals surface area contributed by atoms with Gasteiger partial charge in [0.25, 0.3) is 0 Å². The Morgan fingerprint density at radius 2 is 1.64 bits per heavy atom. The van der Waals surface area contributed by atoms with Crippen LogP contribution in [-0.4, -0.2) is 45.5 Å². The molecule has 206 valence electrons. The molecule has 0 spiro atoms. The van der Waals surface area contributed by atoms with E-state index < -0.39 is 0 Å². The Balaban J connectivity index is 1.31. The van der Waals surface area contributed by atoms with E-state index in [-0.39, 0.29) is 16.7 Å². The van der Waals surface area contributed by atoms with Gasteiger partial charge in [-0.05, 0) is 53.9 Å². The van der Waals surface area contributed by atoms with Gasteiger partial charge in [0.1, 0.15) is 17.3 Å². The van der Waals surface area contributed by atoms with E-state index in [4.69, 9.17) is 9.72 Å². The summed E-state index contributed by atoms with van der Waals surface area (Å²) in [6, 6.07) is 12.5. The highest BCUT2D eigenvalue weighted by Gasteiger charge is 2.29. The first-order valence-corrected chi connectivity index (χ1v) is 14.6. The van der Waals surface area contributed by atoms with Crippen molar-refractivity contribution in [1.29, 1.82) is 0 Å². The smallest absolute Gasteiger partial charge is 0.242 e. The second-order valence-corrected chi connectivity index (χ2v) is 13.8. The van der Waals surface area contributed by atoms with Crippen LogP contribution in [0.4, 0.5) is 0 Å². The number of imidazole rings is 1. The Morgan fingerprint density at radius 1 is 1.00 bits per heavy atom. The molecule has 4 aromatic rings. The Morgan fingerprint density at radius 3 is 2.26 bits per heavy atom. The van der Waals surface area contributed by atoms with Crippen LogP contribution in [0.15, 0.2) is 48.9 Å². The fraction of sp³-hybridized carbons (Fsp3) is 0.469. The van der Waals surface area contributed by atoms with Gasteiger partial charge < -0.3 is 14.2 Å². The maximum Gasteiger partial charge on any atom is 0.242 e. The summed E-state index contributed by atoms with van der Waals surface area (Å²) in [5, 5.41) is 1.05. The summed E-state index contributed by atoms with van der Waals surface area (Å²) in [6.45, 7) is 15.3. The van der Waals surface area contributed by atoms with Crippen molar-refractivity contribution >= 4 is 28.3 Å². The minimum Gasteiger partial charge on any atom is -0.496 e. The number of hydrogen-bond acceptors (Lipinski definition) is 5. The number of hydrogen-bond donors (Lipinski definition) is 0. The molecular formula is C32H40N4O2S. The van der Waals surface area contributed by atoms with Crippen LogP contribution in [-0.2, 0) is 22.2 Å². The van der Waals surface area contributed by atoms with E-state index in [9.17, 15) is 4.79 Å². The van der Waals surface area contributed by atoms with Gasteiger partial charge in [-0.3, -0.25) is 4.79 Å². The van der Waals surface area contributed by atoms with Gasteiger partial charge in [-0.1, -0.05) is 53.7 Å². The number of para-hydroxylation sites is 2. The lowest BCUT2D eigenvalue weighted by Crippen LogP contribution is -2.39. The van der Waals surface area contributed by atoms with E-state index >= 15 is 0 Å². The third kappa shape index (κ3) is 5.60. The number of fused-ring (bicyclic) bond motifs is 1. The molecule has 1 saturated heterocycles. The van der Waals surface area contributed by atoms with Crippen LogP contribution in [0, 0.1) is 0 Å². The number of likely N-dealkylation sites (tertiary alicyclic amines) is 1. The van der Waals surface area contributed by atoms with E-state index in [0.717, 1.165) is 53.3 Å². The number of thiazole rings is 1. The molecule has 0 atom stereocenters. The SMILES string of the molecule is COc1c(C(C)(C)C)cc(-c2ncc(C3CCN(C(=O)Cn4cnc5ccccc54)CC3)s2)cc1C(C)(C)C. The van der Waals surface area contributed by atoms with Crippen molar-refractivity contribution in [3.63, 3.8) is 0 Å². The fourth-order valence-electron chi connectivity index (χ4n) is 5.49. The van der Waals surface area contributed by atoms with E-state index in [1.165, 1.54) is 16.0 Å². The molecule has 1 amide bonds. The summed E-state index contributed by atoms with van der Waals surface area (Å²) in [6.07, 6.45) is 5.74. The number of rotatable bonds is 5. The molecule has 0 bridgehead atoms.